The Morgan fingerprint density at radius 1 is 1.25 bits per heavy atom. The van der Waals surface area contributed by atoms with Gasteiger partial charge in [0.05, 0.1) is 6.61 Å². The van der Waals surface area contributed by atoms with E-state index in [0.717, 1.165) is 32.2 Å². The van der Waals surface area contributed by atoms with E-state index in [4.69, 9.17) is 4.74 Å². The van der Waals surface area contributed by atoms with Crippen LogP contribution in [0.2, 0.25) is 0 Å². The first-order chi connectivity index (χ1) is 7.65. The number of nitrogens with one attached hydrogen (secondary N) is 1. The minimum absolute atomic E-state index is 0.605. The van der Waals surface area contributed by atoms with E-state index in [2.05, 4.69) is 31.0 Å². The molecule has 0 aliphatic heterocycles. The summed E-state index contributed by atoms with van der Waals surface area (Å²) in [5.41, 5.74) is 0. The lowest BCUT2D eigenvalue weighted by Crippen LogP contribution is -2.41. The van der Waals surface area contributed by atoms with Crippen molar-refractivity contribution >= 4 is 0 Å². The summed E-state index contributed by atoms with van der Waals surface area (Å²) in [6, 6.07) is 1.31. The standard InChI is InChI=1S/C13H28N2O/c1-11(2)15(9-10-16-4)8-7-14-12(3)13-5-6-13/h11-14H,5-10H2,1-4H3. The second kappa shape index (κ2) is 7.25. The lowest BCUT2D eigenvalue weighted by atomic mass is 10.2. The van der Waals surface area contributed by atoms with Gasteiger partial charge in [0.1, 0.15) is 0 Å². The zero-order chi connectivity index (χ0) is 12.0. The molecule has 1 aliphatic carbocycles. The van der Waals surface area contributed by atoms with E-state index in [1.54, 1.807) is 7.11 Å². The first-order valence-corrected chi connectivity index (χ1v) is 6.61. The quantitative estimate of drug-likeness (QED) is 0.650. The Hall–Kier alpha value is -0.120. The number of nitrogens with zero attached hydrogens (tertiary/aromatic N) is 1. The first-order valence-electron chi connectivity index (χ1n) is 6.61. The van der Waals surface area contributed by atoms with Crippen LogP contribution < -0.4 is 5.32 Å². The Labute approximate surface area is 101 Å². The van der Waals surface area contributed by atoms with Crippen LogP contribution in [0.25, 0.3) is 0 Å². The number of hydrogen-bond donors (Lipinski definition) is 1. The average Bonchev–Trinajstić information content (AvgIpc) is 3.05. The summed E-state index contributed by atoms with van der Waals surface area (Å²) in [6.07, 6.45) is 2.84. The predicted molar refractivity (Wildman–Crippen MR) is 68.8 cm³/mol. The Kier molecular flexibility index (Phi) is 6.32. The molecule has 1 saturated carbocycles. The van der Waals surface area contributed by atoms with Crippen molar-refractivity contribution in [1.29, 1.82) is 0 Å². The van der Waals surface area contributed by atoms with Crippen molar-refractivity contribution in [2.45, 2.75) is 45.7 Å². The molecule has 0 saturated heterocycles. The molecule has 3 nitrogen and oxygen atoms in total. The predicted octanol–water partition coefficient (Wildman–Crippen LogP) is 1.73. The maximum atomic E-state index is 5.14. The minimum Gasteiger partial charge on any atom is -0.383 e. The highest BCUT2D eigenvalue weighted by Crippen LogP contribution is 2.32. The summed E-state index contributed by atoms with van der Waals surface area (Å²) in [5.74, 6) is 0.950. The minimum atomic E-state index is 0.605. The summed E-state index contributed by atoms with van der Waals surface area (Å²) >= 11 is 0. The molecule has 1 unspecified atom stereocenters. The van der Waals surface area contributed by atoms with Crippen LogP contribution in [0.5, 0.6) is 0 Å². The molecule has 0 aromatic carbocycles. The summed E-state index contributed by atoms with van der Waals surface area (Å²) in [4.78, 5) is 2.47. The van der Waals surface area contributed by atoms with Gasteiger partial charge in [0, 0.05) is 38.8 Å². The zero-order valence-corrected chi connectivity index (χ0v) is 11.3. The van der Waals surface area contributed by atoms with Gasteiger partial charge in [0.15, 0.2) is 0 Å². The SMILES string of the molecule is COCCN(CCNC(C)C1CC1)C(C)C. The molecule has 1 rings (SSSR count). The largest absolute Gasteiger partial charge is 0.383 e. The van der Waals surface area contributed by atoms with E-state index in [1.165, 1.54) is 12.8 Å². The third-order valence-corrected chi connectivity index (χ3v) is 3.51. The van der Waals surface area contributed by atoms with Crippen LogP contribution >= 0.6 is 0 Å². The number of ether oxygens (including phenoxy) is 1. The van der Waals surface area contributed by atoms with Gasteiger partial charge in [0.2, 0.25) is 0 Å². The molecule has 1 N–H and O–H groups in total. The van der Waals surface area contributed by atoms with Gasteiger partial charge in [0.25, 0.3) is 0 Å². The van der Waals surface area contributed by atoms with E-state index >= 15 is 0 Å². The monoisotopic (exact) mass is 228 g/mol. The van der Waals surface area contributed by atoms with Gasteiger partial charge in [-0.1, -0.05) is 0 Å². The Morgan fingerprint density at radius 3 is 2.44 bits per heavy atom. The molecule has 0 spiro atoms. The number of hydrogen-bond acceptors (Lipinski definition) is 3. The Balaban J connectivity index is 2.10. The first kappa shape index (κ1) is 13.9. The van der Waals surface area contributed by atoms with Gasteiger partial charge >= 0.3 is 0 Å². The van der Waals surface area contributed by atoms with Gasteiger partial charge in [-0.3, -0.25) is 4.90 Å². The lowest BCUT2D eigenvalue weighted by Gasteiger charge is -2.27. The maximum Gasteiger partial charge on any atom is 0.0589 e. The second-order valence-electron chi connectivity index (χ2n) is 5.20. The van der Waals surface area contributed by atoms with Gasteiger partial charge in [-0.15, -0.1) is 0 Å². The molecular formula is C13H28N2O. The molecule has 0 radical (unpaired) electrons. The van der Waals surface area contributed by atoms with Crippen LogP contribution in [0.1, 0.15) is 33.6 Å². The van der Waals surface area contributed by atoms with Gasteiger partial charge in [-0.25, -0.2) is 0 Å². The van der Waals surface area contributed by atoms with Crippen molar-refractivity contribution in [2.75, 3.05) is 33.4 Å². The summed E-state index contributed by atoms with van der Waals surface area (Å²) in [7, 11) is 1.77. The molecule has 3 heteroatoms. The third kappa shape index (κ3) is 5.28. The molecule has 1 fully saturated rings. The van der Waals surface area contributed by atoms with Crippen molar-refractivity contribution in [3.8, 4) is 0 Å². The van der Waals surface area contributed by atoms with E-state index < -0.39 is 0 Å². The van der Waals surface area contributed by atoms with Crippen molar-refractivity contribution in [2.24, 2.45) is 5.92 Å². The van der Waals surface area contributed by atoms with E-state index in [-0.39, 0.29) is 0 Å². The second-order valence-corrected chi connectivity index (χ2v) is 5.20. The van der Waals surface area contributed by atoms with Crippen molar-refractivity contribution in [3.63, 3.8) is 0 Å². The average molecular weight is 228 g/mol. The highest BCUT2D eigenvalue weighted by molar-refractivity contribution is 4.83. The number of rotatable bonds is 9. The molecule has 0 aromatic heterocycles. The van der Waals surface area contributed by atoms with Gasteiger partial charge in [-0.2, -0.15) is 0 Å². The summed E-state index contributed by atoms with van der Waals surface area (Å²) in [5, 5.41) is 3.62. The Morgan fingerprint density at radius 2 is 1.94 bits per heavy atom. The van der Waals surface area contributed by atoms with E-state index in [1.807, 2.05) is 0 Å². The van der Waals surface area contributed by atoms with Crippen molar-refractivity contribution in [1.82, 2.24) is 10.2 Å². The maximum absolute atomic E-state index is 5.14. The van der Waals surface area contributed by atoms with Gasteiger partial charge in [-0.05, 0) is 39.5 Å². The van der Waals surface area contributed by atoms with Crippen LogP contribution in [0.4, 0.5) is 0 Å². The third-order valence-electron chi connectivity index (χ3n) is 3.51. The fourth-order valence-corrected chi connectivity index (χ4v) is 2.04. The molecule has 0 bridgehead atoms. The fraction of sp³-hybridized carbons (Fsp3) is 1.00. The highest BCUT2D eigenvalue weighted by atomic mass is 16.5. The lowest BCUT2D eigenvalue weighted by molar-refractivity contribution is 0.129. The smallest absolute Gasteiger partial charge is 0.0589 e. The van der Waals surface area contributed by atoms with Crippen LogP contribution in [0.15, 0.2) is 0 Å². The van der Waals surface area contributed by atoms with E-state index in [0.29, 0.717) is 12.1 Å². The van der Waals surface area contributed by atoms with Gasteiger partial charge < -0.3 is 10.1 Å². The molecule has 1 atom stereocenters. The molecule has 0 heterocycles. The molecule has 1 aliphatic rings. The number of methoxy groups -OCH3 is 1. The Bertz CT molecular complexity index is 181. The van der Waals surface area contributed by atoms with Crippen LogP contribution in [-0.2, 0) is 4.74 Å². The van der Waals surface area contributed by atoms with E-state index in [9.17, 15) is 0 Å². The van der Waals surface area contributed by atoms with Crippen molar-refractivity contribution < 1.29 is 4.74 Å². The molecule has 0 aromatic rings. The highest BCUT2D eigenvalue weighted by Gasteiger charge is 2.27. The topological polar surface area (TPSA) is 24.5 Å². The van der Waals surface area contributed by atoms with Crippen LogP contribution in [-0.4, -0.2) is 50.3 Å². The van der Waals surface area contributed by atoms with Crippen LogP contribution in [0, 0.1) is 5.92 Å². The molecule has 0 amide bonds. The molecule has 96 valence electrons. The zero-order valence-electron chi connectivity index (χ0n) is 11.3. The summed E-state index contributed by atoms with van der Waals surface area (Å²) in [6.45, 7) is 10.9. The normalized spacial score (nSPS) is 18.4. The molecular weight excluding hydrogens is 200 g/mol. The summed E-state index contributed by atoms with van der Waals surface area (Å²) < 4.78 is 5.14. The van der Waals surface area contributed by atoms with Crippen LogP contribution in [0.3, 0.4) is 0 Å². The molecule has 16 heavy (non-hydrogen) atoms. The fourth-order valence-electron chi connectivity index (χ4n) is 2.04. The van der Waals surface area contributed by atoms with Crippen molar-refractivity contribution in [3.05, 3.63) is 0 Å².